The zero-order valence-electron chi connectivity index (χ0n) is 14.8. The molecule has 0 heterocycles. The minimum absolute atomic E-state index is 0.528. The Kier molecular flexibility index (Phi) is 14.8. The van der Waals surface area contributed by atoms with Crippen molar-refractivity contribution in [3.05, 3.63) is 24.8 Å². The Labute approximate surface area is 137 Å². The van der Waals surface area contributed by atoms with Crippen LogP contribution in [0, 0.1) is 11.8 Å². The molecule has 0 nitrogen and oxygen atoms in total. The Hall–Kier alpha value is -0.660. The van der Waals surface area contributed by atoms with Crippen LogP contribution in [0.15, 0.2) is 24.8 Å². The van der Waals surface area contributed by atoms with Crippen LogP contribution in [0.4, 0.5) is 8.78 Å². The third-order valence-corrected chi connectivity index (χ3v) is 4.49. The summed E-state index contributed by atoms with van der Waals surface area (Å²) in [5.41, 5.74) is 0. The minimum atomic E-state index is -1.53. The van der Waals surface area contributed by atoms with Crippen LogP contribution in [0.1, 0.15) is 90.9 Å². The molecule has 0 aromatic rings. The maximum atomic E-state index is 12.0. The molecule has 2 unspecified atom stereocenters. The van der Waals surface area contributed by atoms with Gasteiger partial charge >= 0.3 is 0 Å². The summed E-state index contributed by atoms with van der Waals surface area (Å²) in [6, 6.07) is 0. The number of rotatable bonds is 15. The van der Waals surface area contributed by atoms with Gasteiger partial charge in [-0.1, -0.05) is 71.3 Å². The third kappa shape index (κ3) is 13.0. The molecule has 0 aliphatic carbocycles. The molecular weight excluding hydrogens is 278 g/mol. The van der Waals surface area contributed by atoms with Crippen LogP contribution in [0.5, 0.6) is 0 Å². The van der Waals surface area contributed by atoms with Gasteiger partial charge in [-0.2, -0.15) is 8.78 Å². The van der Waals surface area contributed by atoms with Gasteiger partial charge in [0.15, 0.2) is 0 Å². The fraction of sp³-hybridized carbons (Fsp3) is 0.800. The molecule has 22 heavy (non-hydrogen) atoms. The fourth-order valence-electron chi connectivity index (χ4n) is 3.23. The summed E-state index contributed by atoms with van der Waals surface area (Å²) in [5.74, 6) is 1.42. The van der Waals surface area contributed by atoms with Crippen LogP contribution in [-0.4, -0.2) is 0 Å². The molecule has 0 rings (SSSR count). The summed E-state index contributed by atoms with van der Waals surface area (Å²) < 4.78 is 24.0. The summed E-state index contributed by atoms with van der Waals surface area (Å²) in [7, 11) is 0. The first kappa shape index (κ1) is 21.3. The molecule has 2 heteroatoms. The molecular formula is C20H36F2. The lowest BCUT2D eigenvalue weighted by Crippen LogP contribution is -2.01. The average Bonchev–Trinajstić information content (AvgIpc) is 2.49. The Balaban J connectivity index is 3.76. The number of hydrogen-bond donors (Lipinski definition) is 0. The molecule has 0 aromatic heterocycles. The summed E-state index contributed by atoms with van der Waals surface area (Å²) in [5, 5.41) is 0. The molecule has 0 aliphatic rings. The quantitative estimate of drug-likeness (QED) is 0.213. The Bertz CT molecular complexity index is 279. The fourth-order valence-corrected chi connectivity index (χ4v) is 3.23. The van der Waals surface area contributed by atoms with Crippen LogP contribution in [0.25, 0.3) is 0 Å². The Morgan fingerprint density at radius 2 is 1.50 bits per heavy atom. The Morgan fingerprint density at radius 3 is 2.09 bits per heavy atom. The number of hydrogen-bond acceptors (Lipinski definition) is 0. The predicted molar refractivity (Wildman–Crippen MR) is 94.2 cm³/mol. The first-order chi connectivity index (χ1) is 10.6. The second kappa shape index (κ2) is 15.2. The van der Waals surface area contributed by atoms with Crippen LogP contribution in [0.3, 0.4) is 0 Å². The normalized spacial score (nSPS) is 13.6. The average molecular weight is 315 g/mol. The topological polar surface area (TPSA) is 0 Å². The summed E-state index contributed by atoms with van der Waals surface area (Å²) >= 11 is 0. The van der Waals surface area contributed by atoms with Gasteiger partial charge in [-0.05, 0) is 43.6 Å². The van der Waals surface area contributed by atoms with Gasteiger partial charge in [0, 0.05) is 0 Å². The number of allylic oxidation sites excluding steroid dienone is 2. The molecule has 0 bridgehead atoms. The molecule has 0 fully saturated rings. The van der Waals surface area contributed by atoms with Gasteiger partial charge in [-0.3, -0.25) is 0 Å². The highest BCUT2D eigenvalue weighted by Crippen LogP contribution is 2.23. The molecule has 0 aliphatic heterocycles. The molecule has 0 saturated carbocycles. The maximum Gasteiger partial charge on any atom is 0.266 e. The SMILES string of the molecule is C=CC(CCC)CCCCCC(CCC)CCCC=C(F)F. The van der Waals surface area contributed by atoms with Gasteiger partial charge in [-0.25, -0.2) is 0 Å². The summed E-state index contributed by atoms with van der Waals surface area (Å²) in [4.78, 5) is 0. The molecule has 0 N–H and O–H groups in total. The van der Waals surface area contributed by atoms with Crippen molar-refractivity contribution in [2.45, 2.75) is 90.9 Å². The van der Waals surface area contributed by atoms with E-state index in [9.17, 15) is 8.78 Å². The molecule has 130 valence electrons. The van der Waals surface area contributed by atoms with Crippen LogP contribution in [-0.2, 0) is 0 Å². The third-order valence-electron chi connectivity index (χ3n) is 4.49. The standard InChI is InChI=1S/C20H36F2/c1-4-12-18(6-3)14-8-7-9-15-19(13-5-2)16-10-11-17-20(21)22/h6,17-19H,3-5,7-16H2,1-2H3. The van der Waals surface area contributed by atoms with Crippen molar-refractivity contribution in [2.75, 3.05) is 0 Å². The van der Waals surface area contributed by atoms with Gasteiger partial charge in [0.2, 0.25) is 0 Å². The van der Waals surface area contributed by atoms with Crippen molar-refractivity contribution >= 4 is 0 Å². The van der Waals surface area contributed by atoms with E-state index in [0.717, 1.165) is 24.8 Å². The lowest BCUT2D eigenvalue weighted by atomic mass is 9.90. The van der Waals surface area contributed by atoms with E-state index in [-0.39, 0.29) is 0 Å². The highest BCUT2D eigenvalue weighted by atomic mass is 19.3. The predicted octanol–water partition coefficient (Wildman–Crippen LogP) is 7.91. The summed E-state index contributed by atoms with van der Waals surface area (Å²) in [6.07, 6.45) is 15.5. The van der Waals surface area contributed by atoms with E-state index in [0.29, 0.717) is 12.3 Å². The smallest absolute Gasteiger partial charge is 0.174 e. The van der Waals surface area contributed by atoms with E-state index in [4.69, 9.17) is 0 Å². The van der Waals surface area contributed by atoms with Gasteiger partial charge < -0.3 is 0 Å². The molecule has 2 atom stereocenters. The lowest BCUT2D eigenvalue weighted by Gasteiger charge is -2.16. The zero-order chi connectivity index (χ0) is 16.6. The molecule has 0 radical (unpaired) electrons. The molecule has 0 saturated heterocycles. The van der Waals surface area contributed by atoms with Crippen molar-refractivity contribution in [3.8, 4) is 0 Å². The first-order valence-corrected chi connectivity index (χ1v) is 9.27. The largest absolute Gasteiger partial charge is 0.266 e. The summed E-state index contributed by atoms with van der Waals surface area (Å²) in [6.45, 7) is 8.37. The van der Waals surface area contributed by atoms with Gasteiger partial charge in [0.25, 0.3) is 6.08 Å². The highest BCUT2D eigenvalue weighted by Gasteiger charge is 2.08. The zero-order valence-corrected chi connectivity index (χ0v) is 14.8. The Morgan fingerprint density at radius 1 is 0.864 bits per heavy atom. The van der Waals surface area contributed by atoms with Gasteiger partial charge in [0.05, 0.1) is 0 Å². The minimum Gasteiger partial charge on any atom is -0.174 e. The van der Waals surface area contributed by atoms with Crippen LogP contribution in [0.2, 0.25) is 0 Å². The second-order valence-corrected chi connectivity index (χ2v) is 6.50. The highest BCUT2D eigenvalue weighted by molar-refractivity contribution is 4.80. The van der Waals surface area contributed by atoms with Crippen molar-refractivity contribution in [2.24, 2.45) is 11.8 Å². The van der Waals surface area contributed by atoms with E-state index < -0.39 is 6.08 Å². The molecule has 0 aromatic carbocycles. The number of halogens is 2. The lowest BCUT2D eigenvalue weighted by molar-refractivity contribution is 0.378. The van der Waals surface area contributed by atoms with E-state index >= 15 is 0 Å². The van der Waals surface area contributed by atoms with E-state index in [2.05, 4.69) is 26.5 Å². The molecule has 0 spiro atoms. The molecule has 0 amide bonds. The van der Waals surface area contributed by atoms with Gasteiger partial charge in [0.1, 0.15) is 0 Å². The van der Waals surface area contributed by atoms with Crippen molar-refractivity contribution in [3.63, 3.8) is 0 Å². The van der Waals surface area contributed by atoms with Gasteiger partial charge in [-0.15, -0.1) is 6.58 Å². The van der Waals surface area contributed by atoms with Crippen LogP contribution >= 0.6 is 0 Å². The maximum absolute atomic E-state index is 12.0. The van der Waals surface area contributed by atoms with Crippen LogP contribution < -0.4 is 0 Å². The first-order valence-electron chi connectivity index (χ1n) is 9.27. The monoisotopic (exact) mass is 314 g/mol. The van der Waals surface area contributed by atoms with Crippen molar-refractivity contribution < 1.29 is 8.78 Å². The van der Waals surface area contributed by atoms with Crippen molar-refractivity contribution in [1.29, 1.82) is 0 Å². The van der Waals surface area contributed by atoms with Crippen molar-refractivity contribution in [1.82, 2.24) is 0 Å². The van der Waals surface area contributed by atoms with E-state index in [1.54, 1.807) is 0 Å². The van der Waals surface area contributed by atoms with E-state index in [1.165, 1.54) is 57.8 Å². The van der Waals surface area contributed by atoms with E-state index in [1.807, 2.05) is 0 Å². The number of unbranched alkanes of at least 4 members (excludes halogenated alkanes) is 3. The second-order valence-electron chi connectivity index (χ2n) is 6.50.